The van der Waals surface area contributed by atoms with Crippen LogP contribution in [0.5, 0.6) is 0 Å². The van der Waals surface area contributed by atoms with E-state index in [2.05, 4.69) is 34.0 Å². The molecule has 1 aromatic heterocycles. The zero-order valence-corrected chi connectivity index (χ0v) is 14.5. The second-order valence-corrected chi connectivity index (χ2v) is 6.57. The summed E-state index contributed by atoms with van der Waals surface area (Å²) in [5.41, 5.74) is 4.23. The lowest BCUT2D eigenvalue weighted by molar-refractivity contribution is -0.120. The molecule has 3 rings (SSSR count). The number of amides is 1. The number of carbonyl (C=O) groups is 1. The molecule has 1 aliphatic rings. The molecule has 0 spiro atoms. The Morgan fingerprint density at radius 3 is 2.79 bits per heavy atom. The number of hydrogen-bond donors (Lipinski definition) is 1. The van der Waals surface area contributed by atoms with E-state index in [4.69, 9.17) is 0 Å². The summed E-state index contributed by atoms with van der Waals surface area (Å²) in [7, 11) is 0. The highest BCUT2D eigenvalue weighted by Crippen LogP contribution is 2.22. The van der Waals surface area contributed by atoms with Crippen molar-refractivity contribution in [3.63, 3.8) is 0 Å². The Kier molecular flexibility index (Phi) is 4.79. The van der Waals surface area contributed by atoms with Crippen molar-refractivity contribution in [1.82, 2.24) is 9.97 Å². The lowest BCUT2D eigenvalue weighted by Gasteiger charge is -2.32. The lowest BCUT2D eigenvalue weighted by Crippen LogP contribution is -2.41. The third-order valence-electron chi connectivity index (χ3n) is 4.63. The maximum atomic E-state index is 12.6. The number of nitrogens with zero attached hydrogens (tertiary/aromatic N) is 3. The molecular formula is C19H24N4O. The number of hydrogen-bond acceptors (Lipinski definition) is 4. The molecule has 1 atom stereocenters. The number of aryl methyl sites for hydroxylation is 3. The van der Waals surface area contributed by atoms with E-state index in [9.17, 15) is 4.79 Å². The van der Waals surface area contributed by atoms with E-state index >= 15 is 0 Å². The van der Waals surface area contributed by atoms with Crippen LogP contribution in [-0.4, -0.2) is 29.0 Å². The molecule has 1 fully saturated rings. The Bertz CT molecular complexity index is 744. The predicted octanol–water partition coefficient (Wildman–Crippen LogP) is 3.26. The van der Waals surface area contributed by atoms with Gasteiger partial charge in [0.15, 0.2) is 0 Å². The van der Waals surface area contributed by atoms with E-state index in [0.717, 1.165) is 36.7 Å². The molecule has 0 aliphatic carbocycles. The standard InChI is InChI=1S/C19H24N4O/c1-13-6-7-17(11-14(13)2)22-18(24)16-5-4-10-23(12-16)19-20-9-8-15(3)21-19/h6-9,11,16H,4-5,10,12H2,1-3H3,(H,22,24)/t16-/m0/s1. The Balaban J connectivity index is 1.67. The second-order valence-electron chi connectivity index (χ2n) is 6.57. The van der Waals surface area contributed by atoms with Crippen LogP contribution < -0.4 is 10.2 Å². The van der Waals surface area contributed by atoms with Crippen molar-refractivity contribution in [3.8, 4) is 0 Å². The van der Waals surface area contributed by atoms with Crippen molar-refractivity contribution < 1.29 is 4.79 Å². The normalized spacial score (nSPS) is 17.6. The van der Waals surface area contributed by atoms with Crippen LogP contribution in [0.4, 0.5) is 11.6 Å². The average molecular weight is 324 g/mol. The van der Waals surface area contributed by atoms with Gasteiger partial charge in [0.2, 0.25) is 11.9 Å². The van der Waals surface area contributed by atoms with Gasteiger partial charge in [-0.05, 0) is 62.9 Å². The third kappa shape index (κ3) is 3.72. The molecule has 0 radical (unpaired) electrons. The molecule has 1 amide bonds. The summed E-state index contributed by atoms with van der Waals surface area (Å²) in [4.78, 5) is 23.6. The molecule has 24 heavy (non-hydrogen) atoms. The lowest BCUT2D eigenvalue weighted by atomic mass is 9.97. The van der Waals surface area contributed by atoms with Crippen molar-refractivity contribution in [3.05, 3.63) is 47.3 Å². The van der Waals surface area contributed by atoms with Gasteiger partial charge in [0.05, 0.1) is 5.92 Å². The van der Waals surface area contributed by atoms with Gasteiger partial charge in [-0.3, -0.25) is 4.79 Å². The SMILES string of the molecule is Cc1ccnc(N2CCC[C@H](C(=O)Nc3ccc(C)c(C)c3)C2)n1. The molecular weight excluding hydrogens is 300 g/mol. The molecule has 0 unspecified atom stereocenters. The minimum Gasteiger partial charge on any atom is -0.340 e. The summed E-state index contributed by atoms with van der Waals surface area (Å²) >= 11 is 0. The largest absolute Gasteiger partial charge is 0.340 e. The summed E-state index contributed by atoms with van der Waals surface area (Å²) in [6.45, 7) is 7.65. The zero-order chi connectivity index (χ0) is 17.1. The molecule has 5 nitrogen and oxygen atoms in total. The van der Waals surface area contributed by atoms with Crippen molar-refractivity contribution in [1.29, 1.82) is 0 Å². The summed E-state index contributed by atoms with van der Waals surface area (Å²) in [5.74, 6) is 0.763. The molecule has 1 saturated heterocycles. The van der Waals surface area contributed by atoms with Crippen LogP contribution in [0.15, 0.2) is 30.5 Å². The van der Waals surface area contributed by atoms with Gasteiger partial charge >= 0.3 is 0 Å². The number of carbonyl (C=O) groups excluding carboxylic acids is 1. The van der Waals surface area contributed by atoms with Crippen LogP contribution in [0.2, 0.25) is 0 Å². The fraction of sp³-hybridized carbons (Fsp3) is 0.421. The van der Waals surface area contributed by atoms with Gasteiger partial charge in [-0.15, -0.1) is 0 Å². The van der Waals surface area contributed by atoms with Crippen LogP contribution in [0.3, 0.4) is 0 Å². The average Bonchev–Trinajstić information content (AvgIpc) is 2.58. The highest BCUT2D eigenvalue weighted by atomic mass is 16.1. The molecule has 126 valence electrons. The summed E-state index contributed by atoms with van der Waals surface area (Å²) in [6.07, 6.45) is 3.65. The monoisotopic (exact) mass is 324 g/mol. The number of anilines is 2. The van der Waals surface area contributed by atoms with E-state index in [1.807, 2.05) is 31.2 Å². The summed E-state index contributed by atoms with van der Waals surface area (Å²) in [6, 6.07) is 7.91. The number of nitrogens with one attached hydrogen (secondary N) is 1. The van der Waals surface area contributed by atoms with Crippen LogP contribution in [0.25, 0.3) is 0 Å². The number of piperidine rings is 1. The maximum absolute atomic E-state index is 12.6. The summed E-state index contributed by atoms with van der Waals surface area (Å²) in [5, 5.41) is 3.06. The van der Waals surface area contributed by atoms with Gasteiger partial charge in [0.1, 0.15) is 0 Å². The first-order valence-electron chi connectivity index (χ1n) is 8.45. The molecule has 2 aromatic rings. The molecule has 0 bridgehead atoms. The highest BCUT2D eigenvalue weighted by Gasteiger charge is 2.27. The van der Waals surface area contributed by atoms with Crippen molar-refractivity contribution >= 4 is 17.5 Å². The Morgan fingerprint density at radius 1 is 1.21 bits per heavy atom. The van der Waals surface area contributed by atoms with E-state index < -0.39 is 0 Å². The molecule has 1 aliphatic heterocycles. The van der Waals surface area contributed by atoms with Crippen molar-refractivity contribution in [2.45, 2.75) is 33.6 Å². The van der Waals surface area contributed by atoms with Crippen LogP contribution in [0, 0.1) is 26.7 Å². The van der Waals surface area contributed by atoms with Crippen LogP contribution >= 0.6 is 0 Å². The molecule has 1 N–H and O–H groups in total. The van der Waals surface area contributed by atoms with Gasteiger partial charge in [-0.25, -0.2) is 9.97 Å². The number of aromatic nitrogens is 2. The van der Waals surface area contributed by atoms with Crippen LogP contribution in [-0.2, 0) is 4.79 Å². The van der Waals surface area contributed by atoms with Gasteiger partial charge < -0.3 is 10.2 Å². The minimum atomic E-state index is -0.0375. The first-order chi connectivity index (χ1) is 11.5. The third-order valence-corrected chi connectivity index (χ3v) is 4.63. The highest BCUT2D eigenvalue weighted by molar-refractivity contribution is 5.93. The van der Waals surface area contributed by atoms with Gasteiger partial charge in [0, 0.05) is 30.7 Å². The fourth-order valence-corrected chi connectivity index (χ4v) is 3.02. The van der Waals surface area contributed by atoms with E-state index in [1.165, 1.54) is 11.1 Å². The van der Waals surface area contributed by atoms with E-state index in [1.54, 1.807) is 6.20 Å². The molecule has 0 saturated carbocycles. The number of benzene rings is 1. The smallest absolute Gasteiger partial charge is 0.229 e. The zero-order valence-electron chi connectivity index (χ0n) is 14.5. The molecule has 5 heteroatoms. The van der Waals surface area contributed by atoms with E-state index in [0.29, 0.717) is 6.54 Å². The Morgan fingerprint density at radius 2 is 2.04 bits per heavy atom. The quantitative estimate of drug-likeness (QED) is 0.941. The van der Waals surface area contributed by atoms with Gasteiger partial charge in [-0.1, -0.05) is 6.07 Å². The van der Waals surface area contributed by atoms with Gasteiger partial charge in [0.25, 0.3) is 0 Å². The molecule has 1 aromatic carbocycles. The van der Waals surface area contributed by atoms with Crippen molar-refractivity contribution in [2.24, 2.45) is 5.92 Å². The van der Waals surface area contributed by atoms with Gasteiger partial charge in [-0.2, -0.15) is 0 Å². The minimum absolute atomic E-state index is 0.0375. The van der Waals surface area contributed by atoms with Crippen molar-refractivity contribution in [2.75, 3.05) is 23.3 Å². The topological polar surface area (TPSA) is 58.1 Å². The second kappa shape index (κ2) is 6.99. The Hall–Kier alpha value is -2.43. The number of rotatable bonds is 3. The van der Waals surface area contributed by atoms with E-state index in [-0.39, 0.29) is 11.8 Å². The first-order valence-corrected chi connectivity index (χ1v) is 8.45. The maximum Gasteiger partial charge on any atom is 0.229 e. The molecule has 2 heterocycles. The first kappa shape index (κ1) is 16.4. The predicted molar refractivity (Wildman–Crippen MR) is 96.3 cm³/mol. The van der Waals surface area contributed by atoms with Crippen LogP contribution in [0.1, 0.15) is 29.7 Å². The Labute approximate surface area is 143 Å². The summed E-state index contributed by atoms with van der Waals surface area (Å²) < 4.78 is 0. The fourth-order valence-electron chi connectivity index (χ4n) is 3.02.